The standard InChI is InChI=1S/C11H10FN3O4S/c12-8-2-1-3-9(4-8)14-20(18,19)10-5-13-15(6-10)7-11(16)17/h1-6,14H,7H2,(H,16,17). The minimum absolute atomic E-state index is 0.0657. The largest absolute Gasteiger partial charge is 0.480 e. The van der Waals surface area contributed by atoms with Crippen LogP contribution in [0.5, 0.6) is 0 Å². The quantitative estimate of drug-likeness (QED) is 0.854. The number of benzene rings is 1. The second-order valence-corrected chi connectivity index (χ2v) is 5.57. The van der Waals surface area contributed by atoms with Crippen LogP contribution in [0, 0.1) is 5.82 Å². The fraction of sp³-hybridized carbons (Fsp3) is 0.0909. The Bertz CT molecular complexity index is 742. The normalized spacial score (nSPS) is 11.2. The topological polar surface area (TPSA) is 101 Å². The number of halogens is 1. The average Bonchev–Trinajstić information content (AvgIpc) is 2.76. The highest BCUT2D eigenvalue weighted by atomic mass is 32.2. The minimum atomic E-state index is -3.94. The molecule has 1 heterocycles. The molecule has 1 aromatic heterocycles. The van der Waals surface area contributed by atoms with Crippen LogP contribution in [0.15, 0.2) is 41.6 Å². The van der Waals surface area contributed by atoms with Crippen LogP contribution in [0.1, 0.15) is 0 Å². The van der Waals surface area contributed by atoms with E-state index in [-0.39, 0.29) is 10.6 Å². The highest BCUT2D eigenvalue weighted by Crippen LogP contribution is 2.16. The van der Waals surface area contributed by atoms with Gasteiger partial charge in [-0.15, -0.1) is 0 Å². The van der Waals surface area contributed by atoms with Crippen LogP contribution in [0.3, 0.4) is 0 Å². The van der Waals surface area contributed by atoms with E-state index in [4.69, 9.17) is 5.11 Å². The molecule has 0 unspecified atom stereocenters. The van der Waals surface area contributed by atoms with Crippen molar-refractivity contribution in [1.82, 2.24) is 9.78 Å². The van der Waals surface area contributed by atoms with Crippen molar-refractivity contribution in [3.8, 4) is 0 Å². The van der Waals surface area contributed by atoms with Gasteiger partial charge in [0, 0.05) is 6.20 Å². The van der Waals surface area contributed by atoms with E-state index in [1.165, 1.54) is 18.2 Å². The number of carboxylic acids is 1. The lowest BCUT2D eigenvalue weighted by molar-refractivity contribution is -0.137. The highest BCUT2D eigenvalue weighted by Gasteiger charge is 2.17. The first kappa shape index (κ1) is 14.0. The second-order valence-electron chi connectivity index (χ2n) is 3.88. The number of hydrogen-bond donors (Lipinski definition) is 2. The lowest BCUT2D eigenvalue weighted by atomic mass is 10.3. The van der Waals surface area contributed by atoms with Gasteiger partial charge in [-0.25, -0.2) is 12.8 Å². The van der Waals surface area contributed by atoms with E-state index >= 15 is 0 Å². The van der Waals surface area contributed by atoms with Gasteiger partial charge in [0.1, 0.15) is 17.3 Å². The second kappa shape index (κ2) is 5.29. The van der Waals surface area contributed by atoms with Crippen molar-refractivity contribution in [2.45, 2.75) is 11.4 Å². The number of aromatic nitrogens is 2. The summed E-state index contributed by atoms with van der Waals surface area (Å²) in [4.78, 5) is 10.3. The van der Waals surface area contributed by atoms with Gasteiger partial charge in [0.25, 0.3) is 10.0 Å². The van der Waals surface area contributed by atoms with Crippen molar-refractivity contribution in [3.63, 3.8) is 0 Å². The van der Waals surface area contributed by atoms with Gasteiger partial charge in [-0.3, -0.25) is 14.2 Å². The molecule has 2 rings (SSSR count). The number of aliphatic carboxylic acids is 1. The average molecular weight is 299 g/mol. The van der Waals surface area contributed by atoms with Crippen molar-refractivity contribution in [2.24, 2.45) is 0 Å². The van der Waals surface area contributed by atoms with Crippen molar-refractivity contribution < 1.29 is 22.7 Å². The Morgan fingerprint density at radius 2 is 2.20 bits per heavy atom. The van der Waals surface area contributed by atoms with Crippen LogP contribution in [0.4, 0.5) is 10.1 Å². The number of hydrogen-bond acceptors (Lipinski definition) is 4. The molecular weight excluding hydrogens is 289 g/mol. The van der Waals surface area contributed by atoms with E-state index in [0.717, 1.165) is 23.1 Å². The van der Waals surface area contributed by atoms with E-state index in [2.05, 4.69) is 9.82 Å². The monoisotopic (exact) mass is 299 g/mol. The Morgan fingerprint density at radius 1 is 1.45 bits per heavy atom. The molecule has 9 heteroatoms. The van der Waals surface area contributed by atoms with Gasteiger partial charge < -0.3 is 5.11 Å². The van der Waals surface area contributed by atoms with Gasteiger partial charge in [-0.2, -0.15) is 5.10 Å². The van der Waals surface area contributed by atoms with Crippen LogP contribution < -0.4 is 4.72 Å². The van der Waals surface area contributed by atoms with Gasteiger partial charge in [0.15, 0.2) is 0 Å². The van der Waals surface area contributed by atoms with Crippen LogP contribution in [-0.2, 0) is 21.4 Å². The molecule has 0 aliphatic carbocycles. The summed E-state index contributed by atoms with van der Waals surface area (Å²) in [6.45, 7) is -0.449. The summed E-state index contributed by atoms with van der Waals surface area (Å²) in [5, 5.41) is 12.2. The SMILES string of the molecule is O=C(O)Cn1cc(S(=O)(=O)Nc2cccc(F)c2)cn1. The zero-order valence-corrected chi connectivity index (χ0v) is 10.8. The van der Waals surface area contributed by atoms with Crippen LogP contribution in [0.2, 0.25) is 0 Å². The van der Waals surface area contributed by atoms with Crippen molar-refractivity contribution in [2.75, 3.05) is 4.72 Å². The summed E-state index contributed by atoms with van der Waals surface area (Å²) in [5.41, 5.74) is 0.0657. The molecule has 0 fully saturated rings. The predicted molar refractivity (Wildman–Crippen MR) is 67.1 cm³/mol. The molecule has 0 bridgehead atoms. The van der Waals surface area contributed by atoms with Crippen LogP contribution in [0.25, 0.3) is 0 Å². The molecule has 0 saturated carbocycles. The molecule has 7 nitrogen and oxygen atoms in total. The summed E-state index contributed by atoms with van der Waals surface area (Å²) < 4.78 is 40.1. The molecular formula is C11H10FN3O4S. The number of carboxylic acid groups (broad SMARTS) is 1. The molecule has 0 radical (unpaired) electrons. The lowest BCUT2D eigenvalue weighted by Crippen LogP contribution is -2.13. The predicted octanol–water partition coefficient (Wildman–Crippen LogP) is 0.908. The molecule has 1 aromatic carbocycles. The number of nitrogens with zero attached hydrogens (tertiary/aromatic N) is 2. The molecule has 0 spiro atoms. The van der Waals surface area contributed by atoms with Gasteiger partial charge in [-0.05, 0) is 18.2 Å². The molecule has 2 N–H and O–H groups in total. The first-order valence-electron chi connectivity index (χ1n) is 5.39. The van der Waals surface area contributed by atoms with Gasteiger partial charge in [0.05, 0.1) is 11.9 Å². The molecule has 0 aliphatic rings. The van der Waals surface area contributed by atoms with E-state index in [9.17, 15) is 17.6 Å². The summed E-state index contributed by atoms with van der Waals surface area (Å²) in [6, 6.07) is 4.96. The molecule has 106 valence electrons. The number of sulfonamides is 1. The number of anilines is 1. The maximum atomic E-state index is 13.0. The Morgan fingerprint density at radius 3 is 2.85 bits per heavy atom. The van der Waals surface area contributed by atoms with E-state index in [1.54, 1.807) is 0 Å². The highest BCUT2D eigenvalue weighted by molar-refractivity contribution is 7.92. The molecule has 2 aromatic rings. The zero-order chi connectivity index (χ0) is 14.8. The van der Waals surface area contributed by atoms with Crippen molar-refractivity contribution in [3.05, 3.63) is 42.5 Å². The van der Waals surface area contributed by atoms with Crippen molar-refractivity contribution in [1.29, 1.82) is 0 Å². The Labute approximate surface area is 113 Å². The Kier molecular flexibility index (Phi) is 3.70. The first-order chi connectivity index (χ1) is 9.37. The summed E-state index contributed by atoms with van der Waals surface area (Å²) >= 11 is 0. The molecule has 0 saturated heterocycles. The summed E-state index contributed by atoms with van der Waals surface area (Å²) in [5.74, 6) is -1.72. The maximum absolute atomic E-state index is 13.0. The van der Waals surface area contributed by atoms with Gasteiger partial charge >= 0.3 is 5.97 Å². The summed E-state index contributed by atoms with van der Waals surface area (Å²) in [7, 11) is -3.94. The van der Waals surface area contributed by atoms with Crippen molar-refractivity contribution >= 4 is 21.7 Å². The molecule has 20 heavy (non-hydrogen) atoms. The van der Waals surface area contributed by atoms with Crippen LogP contribution in [-0.4, -0.2) is 29.3 Å². The Hall–Kier alpha value is -2.42. The minimum Gasteiger partial charge on any atom is -0.480 e. The number of rotatable bonds is 5. The third kappa shape index (κ3) is 3.32. The molecule has 0 aliphatic heterocycles. The third-order valence-corrected chi connectivity index (χ3v) is 3.63. The first-order valence-corrected chi connectivity index (χ1v) is 6.88. The molecule has 0 amide bonds. The number of carbonyl (C=O) groups is 1. The maximum Gasteiger partial charge on any atom is 0.325 e. The van der Waals surface area contributed by atoms with E-state index in [1.807, 2.05) is 0 Å². The van der Waals surface area contributed by atoms with E-state index < -0.39 is 28.4 Å². The zero-order valence-electron chi connectivity index (χ0n) is 10.0. The van der Waals surface area contributed by atoms with Crippen LogP contribution >= 0.6 is 0 Å². The number of nitrogens with one attached hydrogen (secondary N) is 1. The Balaban J connectivity index is 2.22. The lowest BCUT2D eigenvalue weighted by Gasteiger charge is -2.05. The third-order valence-electron chi connectivity index (χ3n) is 2.29. The van der Waals surface area contributed by atoms with Gasteiger partial charge in [0.2, 0.25) is 0 Å². The van der Waals surface area contributed by atoms with E-state index in [0.29, 0.717) is 0 Å². The smallest absolute Gasteiger partial charge is 0.325 e. The fourth-order valence-corrected chi connectivity index (χ4v) is 2.48. The van der Waals surface area contributed by atoms with Gasteiger partial charge in [-0.1, -0.05) is 6.07 Å². The fourth-order valence-electron chi connectivity index (χ4n) is 1.47. The molecule has 0 atom stereocenters. The summed E-state index contributed by atoms with van der Waals surface area (Å²) in [6.07, 6.45) is 2.10.